The van der Waals surface area contributed by atoms with E-state index in [4.69, 9.17) is 10.8 Å². The molecule has 6 aliphatic rings. The molecule has 6 aliphatic heterocycles. The van der Waals surface area contributed by atoms with Gasteiger partial charge in [0, 0.05) is 58.5 Å². The first-order valence-electron chi connectivity index (χ1n) is 21.1. The van der Waals surface area contributed by atoms with Crippen molar-refractivity contribution in [3.63, 3.8) is 0 Å². The highest BCUT2D eigenvalue weighted by atomic mass is 16.4. The summed E-state index contributed by atoms with van der Waals surface area (Å²) < 4.78 is 0. The van der Waals surface area contributed by atoms with Crippen LogP contribution in [0.4, 0.5) is 0 Å². The molecule has 24 heteroatoms. The molecule has 24 nitrogen and oxygen atoms in total. The molecule has 0 unspecified atom stereocenters. The maximum atomic E-state index is 14.0. The zero-order chi connectivity index (χ0) is 45.0. The van der Waals surface area contributed by atoms with Gasteiger partial charge in [0.25, 0.3) is 0 Å². The number of nitrogens with two attached hydrogens (primary N) is 1. The van der Waals surface area contributed by atoms with Crippen LogP contribution in [0.15, 0.2) is 0 Å². The van der Waals surface area contributed by atoms with Gasteiger partial charge in [0.1, 0.15) is 42.8 Å². The first-order chi connectivity index (χ1) is 29.5. The minimum absolute atomic E-state index is 0.00608. The summed E-state index contributed by atoms with van der Waals surface area (Å²) in [5, 5.41) is 47.4. The lowest BCUT2D eigenvalue weighted by atomic mass is 10.1. The largest absolute Gasteiger partial charge is 0.480 e. The molecule has 0 spiro atoms. The minimum atomic E-state index is -1.26. The molecular weight excluding hydrogens is 820 g/mol. The second-order valence-corrected chi connectivity index (χ2v) is 16.7. The SMILES string of the molecule is NCC(=O)N1C[C@H](O)C[C@H]1C(=O)N1CCC[C@H]1C(=O)NCC(=O)N1C[C@H](O)C[C@H]1C(=O)N1CCC[C@H]1C(=O)NCC(=O)N1C[C@H](O)C[C@H]1C(=O)N1CCC[C@H]1C(=O)NCC(=O)O. The fraction of sp³-hybridized carbons (Fsp3) is 0.737. The first kappa shape index (κ1) is 46.1. The maximum Gasteiger partial charge on any atom is 0.322 e. The average molecular weight is 877 g/mol. The fourth-order valence-corrected chi connectivity index (χ4v) is 9.62. The number of aliphatic hydroxyl groups excluding tert-OH is 3. The molecule has 0 aromatic rings. The van der Waals surface area contributed by atoms with E-state index in [1.165, 1.54) is 19.6 Å². The smallest absolute Gasteiger partial charge is 0.322 e. The predicted octanol–water partition coefficient (Wildman–Crippen LogP) is -6.76. The number of aliphatic carboxylic acids is 1. The van der Waals surface area contributed by atoms with Gasteiger partial charge in [0.05, 0.1) is 37.9 Å². The van der Waals surface area contributed by atoms with Gasteiger partial charge in [-0.15, -0.1) is 0 Å². The van der Waals surface area contributed by atoms with Crippen LogP contribution in [0.3, 0.4) is 0 Å². The zero-order valence-corrected chi connectivity index (χ0v) is 34.3. The Morgan fingerprint density at radius 3 is 1.06 bits per heavy atom. The number of carbonyl (C=O) groups is 10. The summed E-state index contributed by atoms with van der Waals surface area (Å²) in [5.74, 6) is -6.84. The van der Waals surface area contributed by atoms with Crippen LogP contribution in [0.5, 0.6) is 0 Å². The van der Waals surface area contributed by atoms with Crippen LogP contribution < -0.4 is 21.7 Å². The molecule has 9 N–H and O–H groups in total. The number of amides is 9. The van der Waals surface area contributed by atoms with Crippen molar-refractivity contribution in [2.45, 2.75) is 112 Å². The Bertz CT molecular complexity index is 1820. The third kappa shape index (κ3) is 9.92. The molecule has 0 saturated carbocycles. The van der Waals surface area contributed by atoms with Crippen molar-refractivity contribution in [2.24, 2.45) is 5.73 Å². The summed E-state index contributed by atoms with van der Waals surface area (Å²) in [5.41, 5.74) is 5.49. The quantitative estimate of drug-likeness (QED) is 0.0853. The van der Waals surface area contributed by atoms with E-state index in [9.17, 15) is 63.3 Å². The van der Waals surface area contributed by atoms with Crippen molar-refractivity contribution in [3.8, 4) is 0 Å². The van der Waals surface area contributed by atoms with Gasteiger partial charge in [-0.25, -0.2) is 0 Å². The molecular formula is C38H56N10O14. The van der Waals surface area contributed by atoms with Crippen LogP contribution >= 0.6 is 0 Å². The third-order valence-corrected chi connectivity index (χ3v) is 12.6. The van der Waals surface area contributed by atoms with E-state index in [0.717, 1.165) is 9.80 Å². The van der Waals surface area contributed by atoms with Crippen molar-refractivity contribution in [2.75, 3.05) is 65.4 Å². The predicted molar refractivity (Wildman–Crippen MR) is 208 cm³/mol. The molecule has 0 bridgehead atoms. The second-order valence-electron chi connectivity index (χ2n) is 16.7. The summed E-state index contributed by atoms with van der Waals surface area (Å²) in [4.78, 5) is 138. The lowest BCUT2D eigenvalue weighted by molar-refractivity contribution is -0.148. The Balaban J connectivity index is 1.02. The Labute approximate surface area is 356 Å². The van der Waals surface area contributed by atoms with Crippen molar-refractivity contribution < 1.29 is 68.4 Å². The maximum absolute atomic E-state index is 14.0. The highest BCUT2D eigenvalue weighted by Gasteiger charge is 2.48. The third-order valence-electron chi connectivity index (χ3n) is 12.6. The van der Waals surface area contributed by atoms with Crippen LogP contribution in [-0.2, 0) is 47.9 Å². The second kappa shape index (κ2) is 19.7. The van der Waals surface area contributed by atoms with Crippen LogP contribution in [0.25, 0.3) is 0 Å². The topological polar surface area (TPSA) is 333 Å². The number of hydrogen-bond donors (Lipinski definition) is 8. The van der Waals surface area contributed by atoms with E-state index in [0.29, 0.717) is 19.3 Å². The number of nitrogens with zero attached hydrogens (tertiary/aromatic N) is 6. The molecule has 6 heterocycles. The van der Waals surface area contributed by atoms with Gasteiger partial charge in [-0.1, -0.05) is 0 Å². The minimum Gasteiger partial charge on any atom is -0.480 e. The average Bonchev–Trinajstić information content (AvgIpc) is 4.11. The fourth-order valence-electron chi connectivity index (χ4n) is 9.62. The Morgan fingerprint density at radius 1 is 0.452 bits per heavy atom. The lowest BCUT2D eigenvalue weighted by Crippen LogP contribution is -2.56. The normalized spacial score (nSPS) is 29.6. The molecule has 9 amide bonds. The number of likely N-dealkylation sites (tertiary alicyclic amines) is 6. The number of carbonyl (C=O) groups excluding carboxylic acids is 9. The molecule has 0 aromatic heterocycles. The summed E-state index contributed by atoms with van der Waals surface area (Å²) in [6, 6.07) is -6.24. The van der Waals surface area contributed by atoms with Gasteiger partial charge in [-0.3, -0.25) is 47.9 Å². The highest BCUT2D eigenvalue weighted by molar-refractivity contribution is 5.98. The van der Waals surface area contributed by atoms with Crippen molar-refractivity contribution >= 4 is 59.1 Å². The number of carboxylic acid groups (broad SMARTS) is 1. The number of β-amino-alcohol motifs (C(OH)–C–C–N with tert-alkyl or cyclic N) is 3. The molecule has 342 valence electrons. The molecule has 0 aliphatic carbocycles. The van der Waals surface area contributed by atoms with Crippen LogP contribution in [-0.4, -0.2) is 229 Å². The molecule has 0 aromatic carbocycles. The van der Waals surface area contributed by atoms with Gasteiger partial charge in [-0.05, 0) is 38.5 Å². The first-order valence-corrected chi connectivity index (χ1v) is 21.1. The van der Waals surface area contributed by atoms with Gasteiger partial charge in [0.15, 0.2) is 0 Å². The van der Waals surface area contributed by atoms with Crippen molar-refractivity contribution in [1.29, 1.82) is 0 Å². The van der Waals surface area contributed by atoms with Gasteiger partial charge < -0.3 is 71.5 Å². The lowest BCUT2D eigenvalue weighted by Gasteiger charge is -2.32. The highest BCUT2D eigenvalue weighted by Crippen LogP contribution is 2.29. The number of carboxylic acids is 1. The Kier molecular flexibility index (Phi) is 14.6. The molecule has 6 fully saturated rings. The van der Waals surface area contributed by atoms with E-state index >= 15 is 0 Å². The van der Waals surface area contributed by atoms with E-state index < -0.39 is 133 Å². The van der Waals surface area contributed by atoms with E-state index in [2.05, 4.69) is 16.0 Å². The molecule has 6 saturated heterocycles. The standard InChI is InChI=1S/C38H56N10O14/c39-13-29(52)46-17-20(49)10-26(46)36(60)43-7-1-4-23(43)33(57)40-14-30(53)47-18-21(50)11-27(47)37(61)44-8-2-5-24(44)34(58)41-15-31(54)48-19-22(51)12-28(48)38(62)45-9-3-6-25(45)35(59)42-16-32(55)56/h20-28,49-51H,1-19,39H2,(H,40,57)(H,41,58)(H,42,59)(H,55,56)/t20-,21-,22-,23+,24+,25+,26+,27+,28+/m1/s1. The monoisotopic (exact) mass is 876 g/mol. The number of hydrogen-bond acceptors (Lipinski definition) is 14. The molecule has 6 rings (SSSR count). The van der Waals surface area contributed by atoms with Crippen LogP contribution in [0, 0.1) is 0 Å². The Hall–Kier alpha value is -5.46. The summed E-state index contributed by atoms with van der Waals surface area (Å²) in [6.45, 7) is -2.09. The van der Waals surface area contributed by atoms with E-state index in [1.807, 2.05) is 0 Å². The molecule has 62 heavy (non-hydrogen) atoms. The summed E-state index contributed by atoms with van der Waals surface area (Å²) in [6.07, 6.45) is -1.17. The van der Waals surface area contributed by atoms with Crippen molar-refractivity contribution in [1.82, 2.24) is 45.3 Å². The van der Waals surface area contributed by atoms with E-state index in [1.54, 1.807) is 0 Å². The van der Waals surface area contributed by atoms with Crippen LogP contribution in [0.2, 0.25) is 0 Å². The zero-order valence-electron chi connectivity index (χ0n) is 34.3. The number of nitrogens with one attached hydrogen (secondary N) is 3. The summed E-state index contributed by atoms with van der Waals surface area (Å²) in [7, 11) is 0. The Morgan fingerprint density at radius 2 is 0.758 bits per heavy atom. The molecule has 9 atom stereocenters. The molecule has 0 radical (unpaired) electrons. The van der Waals surface area contributed by atoms with Crippen LogP contribution in [0.1, 0.15) is 57.8 Å². The van der Waals surface area contributed by atoms with E-state index in [-0.39, 0.29) is 84.3 Å². The number of rotatable bonds is 13. The van der Waals surface area contributed by atoms with Gasteiger partial charge in [0.2, 0.25) is 53.2 Å². The van der Waals surface area contributed by atoms with Crippen molar-refractivity contribution in [3.05, 3.63) is 0 Å². The van der Waals surface area contributed by atoms with Gasteiger partial charge in [-0.2, -0.15) is 0 Å². The summed E-state index contributed by atoms with van der Waals surface area (Å²) >= 11 is 0. The van der Waals surface area contributed by atoms with Gasteiger partial charge >= 0.3 is 5.97 Å². The number of aliphatic hydroxyl groups is 3.